The molecule has 0 saturated heterocycles. The lowest BCUT2D eigenvalue weighted by atomic mass is 10.1. The van der Waals surface area contributed by atoms with Crippen molar-refractivity contribution in [1.29, 1.82) is 0 Å². The normalized spacial score (nSPS) is 23.9. The Morgan fingerprint density at radius 3 is 2.90 bits per heavy atom. The molecule has 2 aliphatic rings. The Morgan fingerprint density at radius 2 is 2.24 bits per heavy atom. The number of amides is 1. The quantitative estimate of drug-likeness (QED) is 0.722. The largest absolute Gasteiger partial charge is 0.503 e. The number of nitrogens with zero attached hydrogens (tertiary/aromatic N) is 1. The Labute approximate surface area is 122 Å². The Bertz CT molecular complexity index is 626. The first-order valence-corrected chi connectivity index (χ1v) is 6.93. The molecule has 3 rings (SSSR count). The minimum absolute atomic E-state index is 0.164. The second-order valence-electron chi connectivity index (χ2n) is 5.25. The smallest absolute Gasteiger partial charge is 0.260 e. The van der Waals surface area contributed by atoms with Crippen molar-refractivity contribution >= 4 is 11.6 Å². The van der Waals surface area contributed by atoms with Gasteiger partial charge in [0.1, 0.15) is 6.23 Å². The van der Waals surface area contributed by atoms with Crippen molar-refractivity contribution in [2.24, 2.45) is 0 Å². The van der Waals surface area contributed by atoms with E-state index in [2.05, 4.69) is 5.32 Å². The van der Waals surface area contributed by atoms with Gasteiger partial charge in [0, 0.05) is 6.20 Å². The molecule has 0 fully saturated rings. The molecule has 0 unspecified atom stereocenters. The van der Waals surface area contributed by atoms with Gasteiger partial charge in [0.25, 0.3) is 5.91 Å². The molecule has 0 aliphatic carbocycles. The van der Waals surface area contributed by atoms with E-state index in [-0.39, 0.29) is 29.1 Å². The summed E-state index contributed by atoms with van der Waals surface area (Å²) in [6.45, 7) is 2.02. The Morgan fingerprint density at radius 1 is 1.48 bits per heavy atom. The molecule has 6 nitrogen and oxygen atoms in total. The monoisotopic (exact) mass is 290 g/mol. The number of benzene rings is 1. The zero-order valence-electron chi connectivity index (χ0n) is 12.0. The molecule has 21 heavy (non-hydrogen) atoms. The molecular weight excluding hydrogens is 272 g/mol. The second kappa shape index (κ2) is 4.96. The Kier molecular flexibility index (Phi) is 3.25. The van der Waals surface area contributed by atoms with Gasteiger partial charge in [-0.15, -0.1) is 0 Å². The van der Waals surface area contributed by atoms with Crippen molar-refractivity contribution < 1.29 is 19.7 Å². The molecule has 0 bridgehead atoms. The van der Waals surface area contributed by atoms with E-state index in [1.165, 1.54) is 7.11 Å². The van der Waals surface area contributed by atoms with Crippen LogP contribution < -0.4 is 10.1 Å². The number of phenols is 1. The number of anilines is 1. The maximum absolute atomic E-state index is 12.7. The SMILES string of the molecule is CCC1=CN2C(=O)c3ccc(OC)c(O)c3N[C@@H](O)[C@@H]2C1. The number of hydrogen-bond acceptors (Lipinski definition) is 5. The molecule has 1 aromatic carbocycles. The zero-order valence-corrected chi connectivity index (χ0v) is 12.0. The highest BCUT2D eigenvalue weighted by Crippen LogP contribution is 2.41. The van der Waals surface area contributed by atoms with Gasteiger partial charge in [0.05, 0.1) is 24.4 Å². The molecule has 0 aromatic heterocycles. The van der Waals surface area contributed by atoms with E-state index < -0.39 is 6.23 Å². The van der Waals surface area contributed by atoms with E-state index in [1.807, 2.05) is 6.92 Å². The van der Waals surface area contributed by atoms with Gasteiger partial charge in [0.2, 0.25) is 0 Å². The number of hydrogen-bond donors (Lipinski definition) is 3. The van der Waals surface area contributed by atoms with Crippen LogP contribution in [0.4, 0.5) is 5.69 Å². The van der Waals surface area contributed by atoms with Crippen molar-refractivity contribution in [2.75, 3.05) is 12.4 Å². The lowest BCUT2D eigenvalue weighted by molar-refractivity contribution is 0.0643. The van der Waals surface area contributed by atoms with Crippen molar-refractivity contribution in [3.8, 4) is 11.5 Å². The fourth-order valence-corrected chi connectivity index (χ4v) is 2.86. The molecule has 0 radical (unpaired) electrons. The molecule has 1 amide bonds. The predicted octanol–water partition coefficient (Wildman–Crippen LogP) is 1.65. The topological polar surface area (TPSA) is 82.0 Å². The van der Waals surface area contributed by atoms with Crippen LogP contribution in [0.15, 0.2) is 23.9 Å². The third-order valence-corrected chi connectivity index (χ3v) is 4.09. The standard InChI is InChI=1S/C15H18N2O4/c1-3-8-6-10-14(19)16-12-9(15(20)17(10)7-8)4-5-11(21-2)13(12)18/h4-5,7,10,14,16,18-19H,3,6H2,1-2H3/t10-,14-/m0/s1. The summed E-state index contributed by atoms with van der Waals surface area (Å²) in [6, 6.07) is 2.78. The third-order valence-electron chi connectivity index (χ3n) is 4.09. The number of aliphatic hydroxyl groups excluding tert-OH is 1. The summed E-state index contributed by atoms with van der Waals surface area (Å²) in [6.07, 6.45) is 2.32. The number of phenolic OH excluding ortho intramolecular Hbond substituents is 1. The van der Waals surface area contributed by atoms with E-state index in [0.29, 0.717) is 12.0 Å². The van der Waals surface area contributed by atoms with E-state index >= 15 is 0 Å². The van der Waals surface area contributed by atoms with Crippen molar-refractivity contribution in [3.05, 3.63) is 29.5 Å². The first-order valence-electron chi connectivity index (χ1n) is 6.93. The number of rotatable bonds is 2. The average molecular weight is 290 g/mol. The first-order chi connectivity index (χ1) is 10.1. The lowest BCUT2D eigenvalue weighted by Gasteiger charge is -2.24. The van der Waals surface area contributed by atoms with Crippen molar-refractivity contribution in [2.45, 2.75) is 32.0 Å². The highest BCUT2D eigenvalue weighted by atomic mass is 16.5. The van der Waals surface area contributed by atoms with Gasteiger partial charge in [-0.3, -0.25) is 4.79 Å². The van der Waals surface area contributed by atoms with Crippen LogP contribution in [0.1, 0.15) is 30.1 Å². The predicted molar refractivity (Wildman–Crippen MR) is 77.2 cm³/mol. The maximum atomic E-state index is 12.7. The van der Waals surface area contributed by atoms with Crippen molar-refractivity contribution in [3.63, 3.8) is 0 Å². The summed E-state index contributed by atoms with van der Waals surface area (Å²) in [5.74, 6) is -0.142. The number of nitrogens with one attached hydrogen (secondary N) is 1. The van der Waals surface area contributed by atoms with Crippen LogP contribution in [0.25, 0.3) is 0 Å². The molecule has 3 N–H and O–H groups in total. The van der Waals surface area contributed by atoms with E-state index in [1.54, 1.807) is 23.2 Å². The van der Waals surface area contributed by atoms with E-state index in [4.69, 9.17) is 4.74 Å². The van der Waals surface area contributed by atoms with Gasteiger partial charge in [-0.05, 0) is 25.0 Å². The highest BCUT2D eigenvalue weighted by molar-refractivity contribution is 6.03. The summed E-state index contributed by atoms with van der Waals surface area (Å²) in [7, 11) is 1.44. The third kappa shape index (κ3) is 2.03. The zero-order chi connectivity index (χ0) is 15.1. The van der Waals surface area contributed by atoms with Crippen molar-refractivity contribution in [1.82, 2.24) is 4.90 Å². The number of fused-ring (bicyclic) bond motifs is 2. The number of aromatic hydroxyl groups is 1. The van der Waals surface area contributed by atoms with Crippen LogP contribution in [0, 0.1) is 0 Å². The Balaban J connectivity index is 2.10. The van der Waals surface area contributed by atoms with Crippen LogP contribution >= 0.6 is 0 Å². The number of carbonyl (C=O) groups is 1. The number of ether oxygens (including phenoxy) is 1. The minimum Gasteiger partial charge on any atom is -0.503 e. The van der Waals surface area contributed by atoms with Crippen LogP contribution in [0.3, 0.4) is 0 Å². The molecule has 1 aromatic rings. The summed E-state index contributed by atoms with van der Waals surface area (Å²) in [4.78, 5) is 14.2. The van der Waals surface area contributed by atoms with E-state index in [0.717, 1.165) is 12.0 Å². The first kappa shape index (κ1) is 13.8. The Hall–Kier alpha value is -2.21. The highest BCUT2D eigenvalue weighted by Gasteiger charge is 2.39. The minimum atomic E-state index is -0.950. The average Bonchev–Trinajstić information content (AvgIpc) is 2.89. The van der Waals surface area contributed by atoms with Gasteiger partial charge in [-0.25, -0.2) is 0 Å². The van der Waals surface area contributed by atoms with Gasteiger partial charge in [-0.1, -0.05) is 12.5 Å². The van der Waals surface area contributed by atoms with Crippen LogP contribution in [-0.2, 0) is 0 Å². The molecule has 6 heteroatoms. The molecule has 0 spiro atoms. The van der Waals surface area contributed by atoms with Crippen LogP contribution in [-0.4, -0.2) is 40.4 Å². The van der Waals surface area contributed by atoms with Gasteiger partial charge < -0.3 is 25.2 Å². The van der Waals surface area contributed by atoms with Crippen LogP contribution in [0.5, 0.6) is 11.5 Å². The molecular formula is C15H18N2O4. The number of methoxy groups -OCH3 is 1. The van der Waals surface area contributed by atoms with Crippen LogP contribution in [0.2, 0.25) is 0 Å². The fraction of sp³-hybridized carbons (Fsp3) is 0.400. The van der Waals surface area contributed by atoms with Gasteiger partial charge in [-0.2, -0.15) is 0 Å². The summed E-state index contributed by atoms with van der Waals surface area (Å²) in [5.41, 5.74) is 1.66. The maximum Gasteiger partial charge on any atom is 0.260 e. The molecule has 2 atom stereocenters. The summed E-state index contributed by atoms with van der Waals surface area (Å²) in [5, 5.41) is 23.3. The number of aliphatic hydroxyl groups is 1. The fourth-order valence-electron chi connectivity index (χ4n) is 2.86. The molecule has 2 aliphatic heterocycles. The van der Waals surface area contributed by atoms with Gasteiger partial charge >= 0.3 is 0 Å². The lowest BCUT2D eigenvalue weighted by Crippen LogP contribution is -2.42. The number of carbonyl (C=O) groups excluding carboxylic acids is 1. The molecule has 112 valence electrons. The second-order valence-corrected chi connectivity index (χ2v) is 5.25. The summed E-state index contributed by atoms with van der Waals surface area (Å²) < 4.78 is 5.04. The van der Waals surface area contributed by atoms with E-state index in [9.17, 15) is 15.0 Å². The molecule has 0 saturated carbocycles. The summed E-state index contributed by atoms with van der Waals surface area (Å²) >= 11 is 0. The molecule has 2 heterocycles. The van der Waals surface area contributed by atoms with Gasteiger partial charge in [0.15, 0.2) is 11.5 Å².